The van der Waals surface area contributed by atoms with E-state index in [0.29, 0.717) is 0 Å². The topological polar surface area (TPSA) is 126 Å². The standard InChI is InChI=1S/C20H20F2N6O2/c1-19(10-23)7-15(22)20(2,28-18(19)24)12-6-11(4-5-13(12)21)27-17(29)14-8-26-16(30-3)9-25-14/h4-6,8-9,15H,7H2,1-3H3,(H2,24,28)(H,27,29)/t15-,19-,20+/m0/s1. The van der Waals surface area contributed by atoms with E-state index < -0.39 is 28.8 Å². The Morgan fingerprint density at radius 2 is 2.10 bits per heavy atom. The molecular weight excluding hydrogens is 394 g/mol. The molecule has 1 aliphatic rings. The summed E-state index contributed by atoms with van der Waals surface area (Å²) in [4.78, 5) is 24.4. The maximum absolute atomic E-state index is 15.1. The van der Waals surface area contributed by atoms with Gasteiger partial charge in [0.25, 0.3) is 5.91 Å². The van der Waals surface area contributed by atoms with Gasteiger partial charge in [-0.25, -0.2) is 18.7 Å². The number of aromatic nitrogens is 2. The van der Waals surface area contributed by atoms with Gasteiger partial charge < -0.3 is 15.8 Å². The number of amides is 1. The number of aliphatic imine (C=N–C) groups is 1. The summed E-state index contributed by atoms with van der Waals surface area (Å²) in [5, 5.41) is 11.9. The Bertz CT molecular complexity index is 1050. The number of carbonyl (C=O) groups excluding carboxylic acids is 1. The third kappa shape index (κ3) is 3.66. The third-order valence-corrected chi connectivity index (χ3v) is 5.20. The molecule has 8 nitrogen and oxygen atoms in total. The molecule has 2 heterocycles. The molecule has 3 atom stereocenters. The SMILES string of the molecule is COc1cnc(C(=O)Nc2ccc(F)c([C@@]3(C)N=C(N)[C@](C)(C#N)C[C@@H]3F)c2)cn1. The van der Waals surface area contributed by atoms with E-state index in [9.17, 15) is 14.4 Å². The van der Waals surface area contributed by atoms with Crippen molar-refractivity contribution in [2.24, 2.45) is 16.1 Å². The van der Waals surface area contributed by atoms with E-state index >= 15 is 4.39 Å². The van der Waals surface area contributed by atoms with Crippen molar-refractivity contribution in [1.29, 1.82) is 5.26 Å². The maximum Gasteiger partial charge on any atom is 0.275 e. The molecule has 1 aromatic carbocycles. The van der Waals surface area contributed by atoms with Gasteiger partial charge >= 0.3 is 0 Å². The van der Waals surface area contributed by atoms with E-state index in [1.54, 1.807) is 0 Å². The lowest BCUT2D eigenvalue weighted by atomic mass is 9.73. The zero-order valence-electron chi connectivity index (χ0n) is 16.6. The van der Waals surface area contributed by atoms with E-state index in [4.69, 9.17) is 10.5 Å². The van der Waals surface area contributed by atoms with Crippen molar-refractivity contribution >= 4 is 17.4 Å². The number of hydrogen-bond donors (Lipinski definition) is 2. The first-order valence-electron chi connectivity index (χ1n) is 9.01. The molecule has 156 valence electrons. The van der Waals surface area contributed by atoms with Crippen LogP contribution in [0.4, 0.5) is 14.5 Å². The fourth-order valence-electron chi connectivity index (χ4n) is 3.16. The predicted octanol–water partition coefficient (Wildman–Crippen LogP) is 2.72. The molecule has 0 radical (unpaired) electrons. The number of benzene rings is 1. The number of nitrogens with zero attached hydrogens (tertiary/aromatic N) is 4. The second-order valence-electron chi connectivity index (χ2n) is 7.35. The molecule has 0 aliphatic carbocycles. The quantitative estimate of drug-likeness (QED) is 0.792. The summed E-state index contributed by atoms with van der Waals surface area (Å²) in [5.41, 5.74) is 3.13. The summed E-state index contributed by atoms with van der Waals surface area (Å²) in [6.45, 7) is 2.89. The third-order valence-electron chi connectivity index (χ3n) is 5.20. The molecular formula is C20H20F2N6O2. The molecule has 30 heavy (non-hydrogen) atoms. The number of hydrogen-bond acceptors (Lipinski definition) is 7. The monoisotopic (exact) mass is 414 g/mol. The van der Waals surface area contributed by atoms with Gasteiger partial charge in [0.2, 0.25) is 5.88 Å². The van der Waals surface area contributed by atoms with Crippen molar-refractivity contribution in [3.63, 3.8) is 0 Å². The number of anilines is 1. The first kappa shape index (κ1) is 21.1. The van der Waals surface area contributed by atoms with Crippen LogP contribution in [-0.2, 0) is 5.54 Å². The second-order valence-corrected chi connectivity index (χ2v) is 7.35. The van der Waals surface area contributed by atoms with Crippen LogP contribution >= 0.6 is 0 Å². The highest BCUT2D eigenvalue weighted by Gasteiger charge is 2.49. The number of ether oxygens (including phenoxy) is 1. The van der Waals surface area contributed by atoms with Crippen LogP contribution in [0.25, 0.3) is 0 Å². The van der Waals surface area contributed by atoms with Crippen LogP contribution < -0.4 is 15.8 Å². The summed E-state index contributed by atoms with van der Waals surface area (Å²) in [7, 11) is 1.42. The van der Waals surface area contributed by atoms with Crippen molar-refractivity contribution in [1.82, 2.24) is 9.97 Å². The maximum atomic E-state index is 15.1. The highest BCUT2D eigenvalue weighted by Crippen LogP contribution is 2.44. The van der Waals surface area contributed by atoms with Crippen molar-refractivity contribution in [3.8, 4) is 11.9 Å². The van der Waals surface area contributed by atoms with E-state index in [2.05, 4.69) is 20.3 Å². The van der Waals surface area contributed by atoms with Gasteiger partial charge in [-0.3, -0.25) is 9.79 Å². The van der Waals surface area contributed by atoms with Gasteiger partial charge in [0.15, 0.2) is 0 Å². The Morgan fingerprint density at radius 3 is 2.70 bits per heavy atom. The molecule has 10 heteroatoms. The van der Waals surface area contributed by atoms with Crippen LogP contribution in [0.2, 0.25) is 0 Å². The minimum absolute atomic E-state index is 0.0148. The molecule has 0 saturated heterocycles. The van der Waals surface area contributed by atoms with Crippen LogP contribution in [0.3, 0.4) is 0 Å². The Labute approximate surface area is 171 Å². The highest BCUT2D eigenvalue weighted by atomic mass is 19.1. The van der Waals surface area contributed by atoms with Crippen LogP contribution in [-0.4, -0.2) is 35.0 Å². The minimum atomic E-state index is -1.66. The number of nitrogens with two attached hydrogens (primary N) is 1. The van der Waals surface area contributed by atoms with Gasteiger partial charge in [0, 0.05) is 17.7 Å². The highest BCUT2D eigenvalue weighted by molar-refractivity contribution is 6.02. The van der Waals surface area contributed by atoms with Crippen molar-refractivity contribution in [3.05, 3.63) is 47.7 Å². The van der Waals surface area contributed by atoms with E-state index in [0.717, 1.165) is 6.07 Å². The predicted molar refractivity (Wildman–Crippen MR) is 105 cm³/mol. The zero-order chi connectivity index (χ0) is 22.1. The van der Waals surface area contributed by atoms with E-state index in [1.165, 1.54) is 45.5 Å². The minimum Gasteiger partial charge on any atom is -0.480 e. The number of nitrogens with one attached hydrogen (secondary N) is 1. The van der Waals surface area contributed by atoms with Crippen molar-refractivity contribution in [2.45, 2.75) is 32.0 Å². The lowest BCUT2D eigenvalue weighted by Gasteiger charge is -2.39. The number of alkyl halides is 1. The molecule has 0 fully saturated rings. The number of carbonyl (C=O) groups is 1. The molecule has 1 aromatic heterocycles. The Balaban J connectivity index is 1.93. The second kappa shape index (κ2) is 7.67. The molecule has 1 amide bonds. The molecule has 0 bridgehead atoms. The van der Waals surface area contributed by atoms with E-state index in [1.807, 2.05) is 6.07 Å². The Morgan fingerprint density at radius 1 is 1.37 bits per heavy atom. The number of methoxy groups -OCH3 is 1. The van der Waals surface area contributed by atoms with Crippen LogP contribution in [0, 0.1) is 22.6 Å². The largest absolute Gasteiger partial charge is 0.480 e. The fourth-order valence-corrected chi connectivity index (χ4v) is 3.16. The Hall–Kier alpha value is -3.61. The molecule has 1 aliphatic heterocycles. The van der Waals surface area contributed by atoms with Gasteiger partial charge in [-0.2, -0.15) is 5.26 Å². The molecule has 0 saturated carbocycles. The molecule has 0 unspecified atom stereocenters. The normalized spacial score (nSPS) is 25.7. The summed E-state index contributed by atoms with van der Waals surface area (Å²) in [6, 6.07) is 5.69. The molecule has 3 N–H and O–H groups in total. The summed E-state index contributed by atoms with van der Waals surface area (Å²) in [6.07, 6.45) is 0.618. The van der Waals surface area contributed by atoms with Gasteiger partial charge in [-0.15, -0.1) is 0 Å². The first-order valence-corrected chi connectivity index (χ1v) is 9.01. The number of halogens is 2. The lowest BCUT2D eigenvalue weighted by molar-refractivity contribution is 0.102. The zero-order valence-corrected chi connectivity index (χ0v) is 16.6. The average Bonchev–Trinajstić information content (AvgIpc) is 2.73. The lowest BCUT2D eigenvalue weighted by Crippen LogP contribution is -2.48. The summed E-state index contributed by atoms with van der Waals surface area (Å²) < 4.78 is 34.6. The van der Waals surface area contributed by atoms with Gasteiger partial charge in [-0.05, 0) is 32.0 Å². The van der Waals surface area contributed by atoms with Crippen LogP contribution in [0.5, 0.6) is 5.88 Å². The van der Waals surface area contributed by atoms with Crippen molar-refractivity contribution in [2.75, 3.05) is 12.4 Å². The van der Waals surface area contributed by atoms with Crippen molar-refractivity contribution < 1.29 is 18.3 Å². The van der Waals surface area contributed by atoms with Gasteiger partial charge in [-0.1, -0.05) is 0 Å². The van der Waals surface area contributed by atoms with E-state index in [-0.39, 0.29) is 35.1 Å². The van der Waals surface area contributed by atoms with Crippen LogP contribution in [0.15, 0.2) is 35.6 Å². The van der Waals surface area contributed by atoms with Gasteiger partial charge in [0.05, 0.1) is 25.6 Å². The summed E-state index contributed by atoms with van der Waals surface area (Å²) >= 11 is 0. The number of rotatable bonds is 4. The smallest absolute Gasteiger partial charge is 0.275 e. The summed E-state index contributed by atoms with van der Waals surface area (Å²) in [5.74, 6) is -1.12. The number of amidine groups is 1. The fraction of sp³-hybridized carbons (Fsp3) is 0.350. The first-order chi connectivity index (χ1) is 14.1. The van der Waals surface area contributed by atoms with Gasteiger partial charge in [0.1, 0.15) is 34.5 Å². The molecule has 3 rings (SSSR count). The average molecular weight is 414 g/mol. The number of nitriles is 1. The Kier molecular flexibility index (Phi) is 5.39. The van der Waals surface area contributed by atoms with Crippen LogP contribution in [0.1, 0.15) is 36.3 Å². The molecule has 0 spiro atoms. The molecule has 2 aromatic rings.